The van der Waals surface area contributed by atoms with E-state index in [2.05, 4.69) is 24.1 Å². The molecule has 0 saturated carbocycles. The summed E-state index contributed by atoms with van der Waals surface area (Å²) in [5.41, 5.74) is 0. The quantitative estimate of drug-likeness (QED) is 0.704. The minimum atomic E-state index is 0. The van der Waals surface area contributed by atoms with Crippen LogP contribution in [0.3, 0.4) is 0 Å². The predicted molar refractivity (Wildman–Crippen MR) is 114 cm³/mol. The van der Waals surface area contributed by atoms with Gasteiger partial charge in [-0.2, -0.15) is 0 Å². The topological polar surface area (TPSA) is 65.1 Å². The van der Waals surface area contributed by atoms with Gasteiger partial charge < -0.3 is 19.9 Å². The fourth-order valence-electron chi connectivity index (χ4n) is 4.40. The third kappa shape index (κ3) is 7.34. The molecule has 3 fully saturated rings. The molecule has 7 nitrogen and oxygen atoms in total. The summed E-state index contributed by atoms with van der Waals surface area (Å²) in [4.78, 5) is 31.2. The number of hydrogen-bond donors (Lipinski definition) is 1. The van der Waals surface area contributed by atoms with Gasteiger partial charge in [0.2, 0.25) is 11.8 Å². The maximum atomic E-state index is 12.6. The summed E-state index contributed by atoms with van der Waals surface area (Å²) in [7, 11) is 0. The van der Waals surface area contributed by atoms with E-state index in [0.717, 1.165) is 39.3 Å². The van der Waals surface area contributed by atoms with E-state index < -0.39 is 0 Å². The van der Waals surface area contributed by atoms with Crippen LogP contribution in [0.1, 0.15) is 26.7 Å². The van der Waals surface area contributed by atoms with E-state index in [1.807, 2.05) is 9.80 Å². The van der Waals surface area contributed by atoms with Crippen molar-refractivity contribution in [1.29, 1.82) is 0 Å². The number of halogens is 2. The Hall–Kier alpha value is -0.600. The SMILES string of the molecule is CC1CC(C)CN(C(=O)CN2CCN(C(=O)CC3COCCN3)CC2)C1.Cl.Cl. The Morgan fingerprint density at radius 2 is 1.61 bits per heavy atom. The first-order valence-electron chi connectivity index (χ1n) is 10.1. The highest BCUT2D eigenvalue weighted by atomic mass is 35.5. The number of nitrogens with one attached hydrogen (secondary N) is 1. The molecule has 0 aromatic heterocycles. The van der Waals surface area contributed by atoms with Crippen LogP contribution in [0.4, 0.5) is 0 Å². The summed E-state index contributed by atoms with van der Waals surface area (Å²) < 4.78 is 5.42. The zero-order valence-electron chi connectivity index (χ0n) is 17.1. The normalized spacial score (nSPS) is 28.9. The van der Waals surface area contributed by atoms with Crippen LogP contribution in [-0.4, -0.2) is 98.1 Å². The van der Waals surface area contributed by atoms with E-state index in [9.17, 15) is 9.59 Å². The number of carbonyl (C=O) groups is 2. The Morgan fingerprint density at radius 1 is 0.964 bits per heavy atom. The second-order valence-electron chi connectivity index (χ2n) is 8.33. The van der Waals surface area contributed by atoms with Crippen LogP contribution in [0.2, 0.25) is 0 Å². The van der Waals surface area contributed by atoms with E-state index in [1.54, 1.807) is 0 Å². The molecule has 0 aromatic rings. The molecule has 0 aromatic carbocycles. The fourth-order valence-corrected chi connectivity index (χ4v) is 4.40. The average Bonchev–Trinajstić information content (AvgIpc) is 2.62. The van der Waals surface area contributed by atoms with E-state index >= 15 is 0 Å². The van der Waals surface area contributed by atoms with E-state index in [4.69, 9.17) is 4.74 Å². The van der Waals surface area contributed by atoms with Gasteiger partial charge in [0.15, 0.2) is 0 Å². The summed E-state index contributed by atoms with van der Waals surface area (Å²) in [6.07, 6.45) is 1.72. The highest BCUT2D eigenvalue weighted by molar-refractivity contribution is 5.85. The summed E-state index contributed by atoms with van der Waals surface area (Å²) >= 11 is 0. The van der Waals surface area contributed by atoms with Gasteiger partial charge in [-0.3, -0.25) is 14.5 Å². The molecule has 3 aliphatic heterocycles. The molecule has 9 heteroatoms. The van der Waals surface area contributed by atoms with Crippen LogP contribution < -0.4 is 5.32 Å². The molecule has 3 heterocycles. The first-order chi connectivity index (χ1) is 12.5. The summed E-state index contributed by atoms with van der Waals surface area (Å²) in [6.45, 7) is 11.9. The Labute approximate surface area is 181 Å². The van der Waals surface area contributed by atoms with Crippen LogP contribution in [0.5, 0.6) is 0 Å². The van der Waals surface area contributed by atoms with Gasteiger partial charge in [-0.25, -0.2) is 0 Å². The van der Waals surface area contributed by atoms with Gasteiger partial charge in [-0.15, -0.1) is 24.8 Å². The van der Waals surface area contributed by atoms with Crippen LogP contribution in [-0.2, 0) is 14.3 Å². The van der Waals surface area contributed by atoms with Crippen molar-refractivity contribution in [3.8, 4) is 0 Å². The highest BCUT2D eigenvalue weighted by Gasteiger charge is 2.29. The maximum Gasteiger partial charge on any atom is 0.236 e. The zero-order chi connectivity index (χ0) is 18.5. The molecule has 2 amide bonds. The van der Waals surface area contributed by atoms with Crippen LogP contribution in [0.15, 0.2) is 0 Å². The second kappa shape index (κ2) is 12.2. The molecule has 0 bridgehead atoms. The van der Waals surface area contributed by atoms with Gasteiger partial charge in [0.05, 0.1) is 19.8 Å². The van der Waals surface area contributed by atoms with Crippen molar-refractivity contribution in [3.63, 3.8) is 0 Å². The third-order valence-electron chi connectivity index (χ3n) is 5.72. The lowest BCUT2D eigenvalue weighted by Gasteiger charge is -2.38. The lowest BCUT2D eigenvalue weighted by molar-refractivity contribution is -0.137. The standard InChI is InChI=1S/C19H34N4O3.2ClH/c1-15-9-16(2)12-23(11-15)19(25)13-21-4-6-22(7-5-21)18(24)10-17-14-26-8-3-20-17;;/h15-17,20H,3-14H2,1-2H3;2*1H. The van der Waals surface area contributed by atoms with Gasteiger partial charge in [0.25, 0.3) is 0 Å². The molecule has 1 N–H and O–H groups in total. The first-order valence-corrected chi connectivity index (χ1v) is 10.1. The van der Waals surface area contributed by atoms with Gasteiger partial charge in [-0.1, -0.05) is 13.8 Å². The highest BCUT2D eigenvalue weighted by Crippen LogP contribution is 2.21. The van der Waals surface area contributed by atoms with Crippen molar-refractivity contribution >= 4 is 36.6 Å². The minimum absolute atomic E-state index is 0. The molecule has 0 aliphatic carbocycles. The largest absolute Gasteiger partial charge is 0.378 e. The Balaban J connectivity index is 0.00000196. The molecule has 164 valence electrons. The predicted octanol–water partition coefficient (Wildman–Crippen LogP) is 0.857. The van der Waals surface area contributed by atoms with Crippen LogP contribution in [0, 0.1) is 11.8 Å². The van der Waals surface area contributed by atoms with Crippen molar-refractivity contribution in [1.82, 2.24) is 20.0 Å². The van der Waals surface area contributed by atoms with Gasteiger partial charge >= 0.3 is 0 Å². The first kappa shape index (κ1) is 25.4. The Kier molecular flexibility index (Phi) is 11.1. The smallest absolute Gasteiger partial charge is 0.236 e. The van der Waals surface area contributed by atoms with Crippen molar-refractivity contribution < 1.29 is 14.3 Å². The van der Waals surface area contributed by atoms with Gasteiger partial charge in [-0.05, 0) is 18.3 Å². The van der Waals surface area contributed by atoms with E-state index in [-0.39, 0.29) is 42.7 Å². The number of piperidine rings is 1. The molecule has 0 spiro atoms. The molecular formula is C19H36Cl2N4O3. The Morgan fingerprint density at radius 3 is 2.18 bits per heavy atom. The number of amides is 2. The molecule has 3 saturated heterocycles. The third-order valence-corrected chi connectivity index (χ3v) is 5.72. The molecule has 3 atom stereocenters. The molecule has 0 radical (unpaired) electrons. The van der Waals surface area contributed by atoms with Crippen LogP contribution in [0.25, 0.3) is 0 Å². The van der Waals surface area contributed by atoms with Crippen molar-refractivity contribution in [2.24, 2.45) is 11.8 Å². The Bertz CT molecular complexity index is 488. The minimum Gasteiger partial charge on any atom is -0.378 e. The number of ether oxygens (including phenoxy) is 1. The second-order valence-corrected chi connectivity index (χ2v) is 8.33. The number of carbonyl (C=O) groups excluding carboxylic acids is 2. The molecular weight excluding hydrogens is 403 g/mol. The van der Waals surface area contributed by atoms with Crippen molar-refractivity contribution in [3.05, 3.63) is 0 Å². The monoisotopic (exact) mass is 438 g/mol. The summed E-state index contributed by atoms with van der Waals surface area (Å²) in [5, 5.41) is 3.33. The molecule has 3 rings (SSSR count). The van der Waals surface area contributed by atoms with Gasteiger partial charge in [0, 0.05) is 58.3 Å². The van der Waals surface area contributed by atoms with Gasteiger partial charge in [0.1, 0.15) is 0 Å². The summed E-state index contributed by atoms with van der Waals surface area (Å²) in [5.74, 6) is 1.62. The number of rotatable bonds is 4. The molecule has 3 unspecified atom stereocenters. The number of nitrogens with zero attached hydrogens (tertiary/aromatic N) is 3. The van der Waals surface area contributed by atoms with E-state index in [0.29, 0.717) is 44.5 Å². The number of hydrogen-bond acceptors (Lipinski definition) is 5. The molecule has 3 aliphatic rings. The maximum absolute atomic E-state index is 12.6. The number of likely N-dealkylation sites (tertiary alicyclic amines) is 1. The lowest BCUT2D eigenvalue weighted by Crippen LogP contribution is -2.54. The number of morpholine rings is 1. The zero-order valence-corrected chi connectivity index (χ0v) is 18.7. The lowest BCUT2D eigenvalue weighted by atomic mass is 9.92. The van der Waals surface area contributed by atoms with E-state index in [1.165, 1.54) is 6.42 Å². The average molecular weight is 439 g/mol. The summed E-state index contributed by atoms with van der Waals surface area (Å²) in [6, 6.07) is 0.138. The van der Waals surface area contributed by atoms with Crippen LogP contribution >= 0.6 is 24.8 Å². The van der Waals surface area contributed by atoms with Crippen molar-refractivity contribution in [2.75, 3.05) is 65.6 Å². The number of piperazine rings is 1. The molecule has 28 heavy (non-hydrogen) atoms. The fraction of sp³-hybridized carbons (Fsp3) is 0.895. The van der Waals surface area contributed by atoms with Crippen molar-refractivity contribution in [2.45, 2.75) is 32.7 Å².